The van der Waals surface area contributed by atoms with E-state index >= 15 is 0 Å². The second kappa shape index (κ2) is 5.36. The Morgan fingerprint density at radius 3 is 2.11 bits per heavy atom. The SMILES string of the molecule is CC1(C(=S)c2ccccc2)CCC(C(C)(C)C)CC1. The molecule has 0 nitrogen and oxygen atoms in total. The Morgan fingerprint density at radius 1 is 1.11 bits per heavy atom. The van der Waals surface area contributed by atoms with Gasteiger partial charge in [0.25, 0.3) is 0 Å². The monoisotopic (exact) mass is 274 g/mol. The number of thiocarbonyl (C=S) groups is 1. The van der Waals surface area contributed by atoms with E-state index in [0.717, 1.165) is 5.92 Å². The molecular weight excluding hydrogens is 248 g/mol. The quantitative estimate of drug-likeness (QED) is 0.496. The topological polar surface area (TPSA) is 0 Å². The van der Waals surface area contributed by atoms with Gasteiger partial charge in [-0.3, -0.25) is 0 Å². The standard InChI is InChI=1S/C18H26S/c1-17(2,3)15-10-12-18(4,13-11-15)16(19)14-8-6-5-7-9-14/h5-9,15H,10-13H2,1-4H3. The predicted molar refractivity (Wildman–Crippen MR) is 87.7 cm³/mol. The van der Waals surface area contributed by atoms with E-state index in [-0.39, 0.29) is 5.41 Å². The average molecular weight is 274 g/mol. The van der Waals surface area contributed by atoms with Crippen molar-refractivity contribution in [3.8, 4) is 0 Å². The third-order valence-electron chi connectivity index (χ3n) is 4.90. The second-order valence-corrected chi connectivity index (χ2v) is 7.80. The highest BCUT2D eigenvalue weighted by atomic mass is 32.1. The lowest BCUT2D eigenvalue weighted by atomic mass is 9.63. The molecule has 1 saturated carbocycles. The fraction of sp³-hybridized carbons (Fsp3) is 0.611. The lowest BCUT2D eigenvalue weighted by Gasteiger charge is -2.42. The molecule has 0 radical (unpaired) electrons. The van der Waals surface area contributed by atoms with E-state index in [9.17, 15) is 0 Å². The van der Waals surface area contributed by atoms with Crippen molar-refractivity contribution in [2.75, 3.05) is 0 Å². The van der Waals surface area contributed by atoms with Gasteiger partial charge in [-0.05, 0) is 42.6 Å². The molecule has 1 heteroatoms. The Balaban J connectivity index is 2.08. The van der Waals surface area contributed by atoms with E-state index in [2.05, 4.69) is 58.0 Å². The maximum absolute atomic E-state index is 5.79. The Labute approximate surface area is 123 Å². The Bertz CT molecular complexity index is 431. The molecule has 1 aromatic carbocycles. The summed E-state index contributed by atoms with van der Waals surface area (Å²) in [5.41, 5.74) is 1.91. The first-order chi connectivity index (χ1) is 8.83. The van der Waals surface area contributed by atoms with Gasteiger partial charge in [-0.25, -0.2) is 0 Å². The highest BCUT2D eigenvalue weighted by Crippen LogP contribution is 2.46. The van der Waals surface area contributed by atoms with E-state index in [0.29, 0.717) is 5.41 Å². The molecule has 0 bridgehead atoms. The third kappa shape index (κ3) is 3.25. The largest absolute Gasteiger partial charge is 0.0837 e. The first-order valence-corrected chi connectivity index (χ1v) is 7.84. The molecule has 19 heavy (non-hydrogen) atoms. The van der Waals surface area contributed by atoms with Gasteiger partial charge in [0, 0.05) is 10.3 Å². The molecule has 0 aromatic heterocycles. The summed E-state index contributed by atoms with van der Waals surface area (Å²) in [6.07, 6.45) is 5.10. The van der Waals surface area contributed by atoms with Gasteiger partial charge in [0.1, 0.15) is 0 Å². The van der Waals surface area contributed by atoms with Crippen LogP contribution in [0.5, 0.6) is 0 Å². The average Bonchev–Trinajstić information content (AvgIpc) is 2.38. The summed E-state index contributed by atoms with van der Waals surface area (Å²) < 4.78 is 0. The number of benzene rings is 1. The lowest BCUT2D eigenvalue weighted by molar-refractivity contribution is 0.136. The van der Waals surface area contributed by atoms with Crippen molar-refractivity contribution < 1.29 is 0 Å². The van der Waals surface area contributed by atoms with Crippen LogP contribution in [-0.2, 0) is 0 Å². The summed E-state index contributed by atoms with van der Waals surface area (Å²) in [7, 11) is 0. The van der Waals surface area contributed by atoms with Crippen LogP contribution in [0.3, 0.4) is 0 Å². The summed E-state index contributed by atoms with van der Waals surface area (Å²) in [6.45, 7) is 9.47. The van der Waals surface area contributed by atoms with Crippen LogP contribution in [-0.4, -0.2) is 4.86 Å². The summed E-state index contributed by atoms with van der Waals surface area (Å²) in [4.78, 5) is 1.17. The van der Waals surface area contributed by atoms with Crippen LogP contribution in [0.1, 0.15) is 58.9 Å². The summed E-state index contributed by atoms with van der Waals surface area (Å²) in [6, 6.07) is 10.6. The van der Waals surface area contributed by atoms with Crippen molar-refractivity contribution in [1.29, 1.82) is 0 Å². The normalized spacial score (nSPS) is 28.1. The zero-order valence-corrected chi connectivity index (χ0v) is 13.5. The van der Waals surface area contributed by atoms with Crippen LogP contribution in [0.15, 0.2) is 30.3 Å². The maximum Gasteiger partial charge on any atom is 0.0283 e. The van der Waals surface area contributed by atoms with E-state index in [1.54, 1.807) is 0 Å². The predicted octanol–water partition coefficient (Wildman–Crippen LogP) is 5.65. The van der Waals surface area contributed by atoms with Crippen LogP contribution < -0.4 is 0 Å². The molecule has 2 rings (SSSR count). The fourth-order valence-corrected chi connectivity index (χ4v) is 3.63. The fourth-order valence-electron chi connectivity index (χ4n) is 3.29. The molecule has 0 amide bonds. The minimum absolute atomic E-state index is 0.221. The van der Waals surface area contributed by atoms with Crippen molar-refractivity contribution in [2.24, 2.45) is 16.7 Å². The number of hydrogen-bond acceptors (Lipinski definition) is 1. The van der Waals surface area contributed by atoms with Gasteiger partial charge in [0.15, 0.2) is 0 Å². The Morgan fingerprint density at radius 2 is 1.63 bits per heavy atom. The molecule has 0 saturated heterocycles. The van der Waals surface area contributed by atoms with Crippen LogP contribution in [0, 0.1) is 16.7 Å². The second-order valence-electron chi connectivity index (χ2n) is 7.40. The van der Waals surface area contributed by atoms with Gasteiger partial charge in [-0.1, -0.05) is 70.2 Å². The van der Waals surface area contributed by atoms with E-state index < -0.39 is 0 Å². The summed E-state index contributed by atoms with van der Waals surface area (Å²) in [5.74, 6) is 0.846. The molecule has 1 fully saturated rings. The van der Waals surface area contributed by atoms with Crippen LogP contribution in [0.2, 0.25) is 0 Å². The van der Waals surface area contributed by atoms with Gasteiger partial charge in [0.05, 0.1) is 0 Å². The summed E-state index contributed by atoms with van der Waals surface area (Å²) in [5, 5.41) is 0. The Hall–Kier alpha value is -0.690. The van der Waals surface area contributed by atoms with Crippen molar-refractivity contribution >= 4 is 17.1 Å². The maximum atomic E-state index is 5.79. The number of rotatable bonds is 2. The first kappa shape index (κ1) is 14.7. The highest BCUT2D eigenvalue weighted by Gasteiger charge is 2.38. The zero-order valence-electron chi connectivity index (χ0n) is 12.7. The zero-order chi connectivity index (χ0) is 14.1. The molecule has 0 unspecified atom stereocenters. The summed E-state index contributed by atoms with van der Waals surface area (Å²) >= 11 is 5.79. The van der Waals surface area contributed by atoms with Gasteiger partial charge in [-0.2, -0.15) is 0 Å². The highest BCUT2D eigenvalue weighted by molar-refractivity contribution is 7.81. The molecule has 0 heterocycles. The van der Waals surface area contributed by atoms with Crippen LogP contribution >= 0.6 is 12.2 Å². The lowest BCUT2D eigenvalue weighted by Crippen LogP contribution is -2.35. The molecule has 0 atom stereocenters. The Kier molecular flexibility index (Phi) is 4.15. The van der Waals surface area contributed by atoms with Gasteiger partial charge >= 0.3 is 0 Å². The molecule has 0 aliphatic heterocycles. The van der Waals surface area contributed by atoms with Gasteiger partial charge in [-0.15, -0.1) is 0 Å². The molecule has 104 valence electrons. The molecule has 0 N–H and O–H groups in total. The molecular formula is C18H26S. The van der Waals surface area contributed by atoms with Crippen molar-refractivity contribution in [2.45, 2.75) is 53.4 Å². The minimum Gasteiger partial charge on any atom is -0.0837 e. The van der Waals surface area contributed by atoms with Gasteiger partial charge in [0.2, 0.25) is 0 Å². The smallest absolute Gasteiger partial charge is 0.0283 e. The molecule has 1 aliphatic carbocycles. The molecule has 1 aromatic rings. The van der Waals surface area contributed by atoms with E-state index in [1.165, 1.54) is 36.1 Å². The van der Waals surface area contributed by atoms with Gasteiger partial charge < -0.3 is 0 Å². The van der Waals surface area contributed by atoms with Crippen LogP contribution in [0.25, 0.3) is 0 Å². The van der Waals surface area contributed by atoms with Crippen molar-refractivity contribution in [3.05, 3.63) is 35.9 Å². The first-order valence-electron chi connectivity index (χ1n) is 7.43. The van der Waals surface area contributed by atoms with Crippen LogP contribution in [0.4, 0.5) is 0 Å². The van der Waals surface area contributed by atoms with E-state index in [1.807, 2.05) is 0 Å². The number of hydrogen-bond donors (Lipinski definition) is 0. The molecule has 1 aliphatic rings. The van der Waals surface area contributed by atoms with E-state index in [4.69, 9.17) is 12.2 Å². The minimum atomic E-state index is 0.221. The molecule has 0 spiro atoms. The van der Waals surface area contributed by atoms with Crippen molar-refractivity contribution in [1.82, 2.24) is 0 Å². The van der Waals surface area contributed by atoms with Crippen molar-refractivity contribution in [3.63, 3.8) is 0 Å². The third-order valence-corrected chi connectivity index (χ3v) is 5.63.